The Labute approximate surface area is 236 Å². The van der Waals surface area contributed by atoms with Crippen molar-refractivity contribution in [2.45, 2.75) is 43.8 Å². The number of aromatic nitrogens is 1. The van der Waals surface area contributed by atoms with Crippen LogP contribution in [0.3, 0.4) is 0 Å². The van der Waals surface area contributed by atoms with Gasteiger partial charge in [0.25, 0.3) is 0 Å². The minimum absolute atomic E-state index is 0.114. The van der Waals surface area contributed by atoms with E-state index in [4.69, 9.17) is 4.74 Å². The van der Waals surface area contributed by atoms with Gasteiger partial charge in [-0.2, -0.15) is 0 Å². The molecule has 0 saturated heterocycles. The van der Waals surface area contributed by atoms with Crippen molar-refractivity contribution in [2.75, 3.05) is 25.5 Å². The third-order valence-electron chi connectivity index (χ3n) is 7.51. The van der Waals surface area contributed by atoms with Crippen LogP contribution in [-0.4, -0.2) is 66.9 Å². The fraction of sp³-hybridized carbons (Fsp3) is 0.345. The zero-order valence-electron chi connectivity index (χ0n) is 22.7. The molecule has 5 rings (SSSR count). The summed E-state index contributed by atoms with van der Waals surface area (Å²) in [6.45, 7) is 0.538. The maximum Gasteiger partial charge on any atom is 0.328 e. The van der Waals surface area contributed by atoms with Gasteiger partial charge < -0.3 is 36.3 Å². The van der Waals surface area contributed by atoms with Crippen molar-refractivity contribution in [3.8, 4) is 0 Å². The Morgan fingerprint density at radius 3 is 2.44 bits per heavy atom. The lowest BCUT2D eigenvalue weighted by Crippen LogP contribution is -2.51. The number of carbonyl (C=O) groups is 5. The molecule has 12 nitrogen and oxygen atoms in total. The Bertz CT molecular complexity index is 1520. The number of rotatable bonds is 2. The molecule has 2 unspecified atom stereocenters. The van der Waals surface area contributed by atoms with Gasteiger partial charge in [0.2, 0.25) is 23.6 Å². The first kappa shape index (κ1) is 27.7. The van der Waals surface area contributed by atoms with Crippen LogP contribution in [0, 0.1) is 0 Å². The maximum atomic E-state index is 13.2. The van der Waals surface area contributed by atoms with E-state index in [0.717, 1.165) is 33.4 Å². The van der Waals surface area contributed by atoms with Gasteiger partial charge in [-0.05, 0) is 29.7 Å². The molecule has 1 aromatic heterocycles. The number of esters is 1. The summed E-state index contributed by atoms with van der Waals surface area (Å²) in [5, 5.41) is 14.9. The summed E-state index contributed by atoms with van der Waals surface area (Å²) in [6.07, 6.45) is 0.343. The molecule has 4 atom stereocenters. The van der Waals surface area contributed by atoms with E-state index in [0.29, 0.717) is 0 Å². The maximum absolute atomic E-state index is 13.2. The van der Waals surface area contributed by atoms with Crippen LogP contribution in [0.1, 0.15) is 42.1 Å². The fourth-order valence-corrected chi connectivity index (χ4v) is 5.69. The van der Waals surface area contributed by atoms with Crippen LogP contribution in [0.15, 0.2) is 48.5 Å². The van der Waals surface area contributed by atoms with Crippen LogP contribution < -0.4 is 26.6 Å². The summed E-state index contributed by atoms with van der Waals surface area (Å²) in [6, 6.07) is 13.1. The summed E-state index contributed by atoms with van der Waals surface area (Å²) in [4.78, 5) is 66.8. The fourth-order valence-electron chi connectivity index (χ4n) is 5.69. The zero-order valence-corrected chi connectivity index (χ0v) is 22.7. The van der Waals surface area contributed by atoms with E-state index < -0.39 is 48.9 Å². The highest BCUT2D eigenvalue weighted by atomic mass is 16.5. The lowest BCUT2D eigenvalue weighted by atomic mass is 9.85. The molecule has 2 aromatic carbocycles. The summed E-state index contributed by atoms with van der Waals surface area (Å²) in [5.74, 6) is -3.00. The second-order valence-corrected chi connectivity index (χ2v) is 10.2. The standard InChI is InChI=1S/C29H32N6O6/c1-15(36)32-22-11-18-16-7-3-5-9-20(16)34-26(18)27-19(17-8-4-6-10-21(17)35-27)12-23(29(40)41-2)33-25(38)14-30-24(37)13-31-28(22)39/h3-10,18,22-23,26,34-35H,11-14H2,1-2H3,(H,30,37)(H,31,39)(H,32,36)(H,33,38)/t18?,22-,23-,26?/m0/s1. The zero-order chi connectivity index (χ0) is 29.1. The number of fused-ring (bicyclic) bond motifs is 7. The average molecular weight is 561 g/mol. The average Bonchev–Trinajstić information content (AvgIpc) is 3.51. The Morgan fingerprint density at radius 1 is 0.927 bits per heavy atom. The number of nitrogens with one attached hydrogen (secondary N) is 6. The monoisotopic (exact) mass is 560 g/mol. The predicted molar refractivity (Wildman–Crippen MR) is 150 cm³/mol. The van der Waals surface area contributed by atoms with Crippen LogP contribution in [0.5, 0.6) is 0 Å². The van der Waals surface area contributed by atoms with Crippen LogP contribution in [0.2, 0.25) is 0 Å². The van der Waals surface area contributed by atoms with Gasteiger partial charge in [0.05, 0.1) is 26.2 Å². The highest BCUT2D eigenvalue weighted by Gasteiger charge is 2.39. The van der Waals surface area contributed by atoms with Gasteiger partial charge in [-0.25, -0.2) is 4.79 Å². The second-order valence-electron chi connectivity index (χ2n) is 10.2. The molecule has 0 saturated carbocycles. The number of aromatic amines is 1. The van der Waals surface area contributed by atoms with E-state index in [1.165, 1.54) is 14.0 Å². The molecule has 2 aliphatic rings. The SMILES string of the molecule is COC(=O)[C@@H]1Cc2c([nH]c3ccccc23)C2Nc3ccccc3C2C[C@H](NC(C)=O)C(=O)NCC(=O)NCC(=O)N1. The summed E-state index contributed by atoms with van der Waals surface area (Å²) in [7, 11) is 1.25. The largest absolute Gasteiger partial charge is 0.467 e. The highest BCUT2D eigenvalue weighted by Crippen LogP contribution is 2.48. The third kappa shape index (κ3) is 5.86. The summed E-state index contributed by atoms with van der Waals surface area (Å²) >= 11 is 0. The summed E-state index contributed by atoms with van der Waals surface area (Å²) in [5.41, 5.74) is 4.26. The first-order chi connectivity index (χ1) is 19.7. The molecule has 2 aliphatic heterocycles. The van der Waals surface area contributed by atoms with Crippen molar-refractivity contribution in [1.29, 1.82) is 0 Å². The number of para-hydroxylation sites is 2. The molecule has 3 heterocycles. The van der Waals surface area contributed by atoms with E-state index in [2.05, 4.69) is 31.6 Å². The molecule has 0 aliphatic carbocycles. The van der Waals surface area contributed by atoms with Crippen LogP contribution >= 0.6 is 0 Å². The Hall–Kier alpha value is -4.87. The number of hydrogen-bond donors (Lipinski definition) is 6. The number of benzene rings is 2. The number of carbonyl (C=O) groups excluding carboxylic acids is 5. The lowest BCUT2D eigenvalue weighted by molar-refractivity contribution is -0.145. The minimum Gasteiger partial charge on any atom is -0.467 e. The molecule has 0 spiro atoms. The Kier molecular flexibility index (Phi) is 7.90. The quantitative estimate of drug-likeness (QED) is 0.251. The highest BCUT2D eigenvalue weighted by molar-refractivity contribution is 5.93. The number of H-pyrrole nitrogens is 1. The van der Waals surface area contributed by atoms with Crippen LogP contribution in [-0.2, 0) is 35.1 Å². The molecule has 0 bridgehead atoms. The van der Waals surface area contributed by atoms with E-state index in [1.54, 1.807) is 0 Å². The van der Waals surface area contributed by atoms with Gasteiger partial charge >= 0.3 is 5.97 Å². The van der Waals surface area contributed by atoms with Crippen molar-refractivity contribution in [1.82, 2.24) is 26.3 Å². The van der Waals surface area contributed by atoms with Crippen LogP contribution in [0.25, 0.3) is 10.9 Å². The van der Waals surface area contributed by atoms with Gasteiger partial charge in [0, 0.05) is 41.5 Å². The van der Waals surface area contributed by atoms with Crippen molar-refractivity contribution in [3.63, 3.8) is 0 Å². The first-order valence-corrected chi connectivity index (χ1v) is 13.4. The molecule has 0 radical (unpaired) electrons. The van der Waals surface area contributed by atoms with E-state index in [9.17, 15) is 24.0 Å². The van der Waals surface area contributed by atoms with Gasteiger partial charge in [-0.1, -0.05) is 36.4 Å². The molecule has 214 valence electrons. The molecule has 6 N–H and O–H groups in total. The van der Waals surface area contributed by atoms with Crippen molar-refractivity contribution < 1.29 is 28.7 Å². The number of amides is 4. The molecule has 4 amide bonds. The Morgan fingerprint density at radius 2 is 1.66 bits per heavy atom. The number of hydrogen-bond acceptors (Lipinski definition) is 7. The van der Waals surface area contributed by atoms with Gasteiger partial charge in [0.15, 0.2) is 0 Å². The molecular weight excluding hydrogens is 528 g/mol. The lowest BCUT2D eigenvalue weighted by Gasteiger charge is -2.27. The molecule has 41 heavy (non-hydrogen) atoms. The minimum atomic E-state index is -1.02. The van der Waals surface area contributed by atoms with Gasteiger partial charge in [-0.3, -0.25) is 19.2 Å². The summed E-state index contributed by atoms with van der Waals surface area (Å²) < 4.78 is 5.01. The van der Waals surface area contributed by atoms with Crippen molar-refractivity contribution in [2.24, 2.45) is 0 Å². The third-order valence-corrected chi connectivity index (χ3v) is 7.51. The van der Waals surface area contributed by atoms with Gasteiger partial charge in [0.1, 0.15) is 12.1 Å². The van der Waals surface area contributed by atoms with Crippen LogP contribution in [0.4, 0.5) is 5.69 Å². The van der Waals surface area contributed by atoms with Crippen molar-refractivity contribution in [3.05, 3.63) is 65.4 Å². The molecular formula is C29H32N6O6. The first-order valence-electron chi connectivity index (χ1n) is 13.4. The van der Waals surface area contributed by atoms with E-state index in [-0.39, 0.29) is 30.7 Å². The van der Waals surface area contributed by atoms with Gasteiger partial charge in [-0.15, -0.1) is 0 Å². The van der Waals surface area contributed by atoms with E-state index >= 15 is 0 Å². The normalized spacial score (nSPS) is 23.1. The number of anilines is 1. The second kappa shape index (κ2) is 11.7. The molecule has 12 heteroatoms. The predicted octanol–water partition coefficient (Wildman–Crippen LogP) is 0.759. The van der Waals surface area contributed by atoms with Crippen molar-refractivity contribution >= 4 is 46.2 Å². The topological polar surface area (TPSA) is 171 Å². The Balaban J connectivity index is 1.65. The number of methoxy groups -OCH3 is 1. The molecule has 3 aromatic rings. The van der Waals surface area contributed by atoms with E-state index in [1.807, 2.05) is 48.5 Å². The number of ether oxygens (including phenoxy) is 1. The smallest absolute Gasteiger partial charge is 0.328 e. The molecule has 0 fully saturated rings.